The number of aliphatic carboxylic acids is 1. The van der Waals surface area contributed by atoms with Crippen LogP contribution in [0, 0.1) is 11.8 Å². The lowest BCUT2D eigenvalue weighted by molar-refractivity contribution is -0.150. The zero-order chi connectivity index (χ0) is 26.6. The molecule has 4 rings (SSSR count). The zero-order valence-electron chi connectivity index (χ0n) is 20.7. The number of ether oxygens (including phenoxy) is 2. The molecule has 1 unspecified atom stereocenters. The number of carbonyl (C=O) groups is 2. The third-order valence-electron chi connectivity index (χ3n) is 6.68. The van der Waals surface area contributed by atoms with Gasteiger partial charge < -0.3 is 30.1 Å². The molecule has 12 heteroatoms. The molecular weight excluding hydrogens is 527 g/mol. The Morgan fingerprint density at radius 2 is 1.71 bits per heavy atom. The first-order chi connectivity index (χ1) is 17.7. The van der Waals surface area contributed by atoms with Gasteiger partial charge in [0.1, 0.15) is 12.4 Å². The fourth-order valence-electron chi connectivity index (χ4n) is 4.69. The maximum atomic E-state index is 12.7. The van der Waals surface area contributed by atoms with Crippen LogP contribution in [0.1, 0.15) is 18.1 Å². The number of rotatable bonds is 11. The summed E-state index contributed by atoms with van der Waals surface area (Å²) in [6, 6.07) is 11.7. The number of halogens is 4. The van der Waals surface area contributed by atoms with Crippen molar-refractivity contribution >= 4 is 30.1 Å². The van der Waals surface area contributed by atoms with Crippen LogP contribution in [0.25, 0.3) is 0 Å². The number of hydrogen-bond acceptors (Lipinski definition) is 5. The molecular formula is C26H31ClF3N3O5. The second-order valence-electron chi connectivity index (χ2n) is 9.20. The number of alkyl halides is 3. The molecule has 1 aliphatic carbocycles. The Balaban J connectivity index is 0.00000400. The number of hydrogen-bond donors (Lipinski definition) is 3. The van der Waals surface area contributed by atoms with Crippen molar-refractivity contribution in [2.24, 2.45) is 11.8 Å². The van der Waals surface area contributed by atoms with Crippen molar-refractivity contribution in [1.29, 1.82) is 0 Å². The number of carboxylic acid groups (broad SMARTS) is 1. The van der Waals surface area contributed by atoms with E-state index in [-0.39, 0.29) is 24.9 Å². The van der Waals surface area contributed by atoms with E-state index in [1.54, 1.807) is 24.0 Å². The number of nitrogens with zero attached hydrogens (tertiary/aromatic N) is 1. The molecule has 2 aromatic rings. The number of carbonyl (C=O) groups excluding carboxylic acids is 1. The van der Waals surface area contributed by atoms with Crippen molar-refractivity contribution in [3.05, 3.63) is 59.7 Å². The van der Waals surface area contributed by atoms with Crippen LogP contribution in [-0.2, 0) is 22.1 Å². The summed E-state index contributed by atoms with van der Waals surface area (Å²) in [6.45, 7) is 4.39. The Hall–Kier alpha value is -3.02. The van der Waals surface area contributed by atoms with Crippen LogP contribution < -0.4 is 15.4 Å². The molecule has 8 nitrogen and oxygen atoms in total. The van der Waals surface area contributed by atoms with E-state index >= 15 is 0 Å². The van der Waals surface area contributed by atoms with Gasteiger partial charge in [0.05, 0.1) is 5.56 Å². The second-order valence-corrected chi connectivity index (χ2v) is 9.20. The van der Waals surface area contributed by atoms with E-state index in [1.807, 2.05) is 12.1 Å². The maximum absolute atomic E-state index is 12.7. The van der Waals surface area contributed by atoms with Gasteiger partial charge in [-0.2, -0.15) is 13.2 Å². The van der Waals surface area contributed by atoms with Crippen LogP contribution in [0.15, 0.2) is 48.5 Å². The van der Waals surface area contributed by atoms with Gasteiger partial charge in [-0.05, 0) is 60.7 Å². The molecule has 2 fully saturated rings. The molecule has 1 aliphatic heterocycles. The van der Waals surface area contributed by atoms with Crippen molar-refractivity contribution in [1.82, 2.24) is 10.2 Å². The Labute approximate surface area is 224 Å². The van der Waals surface area contributed by atoms with Gasteiger partial charge in [0, 0.05) is 44.4 Å². The van der Waals surface area contributed by atoms with Gasteiger partial charge in [0.2, 0.25) is 0 Å². The molecule has 208 valence electrons. The molecule has 1 saturated carbocycles. The highest BCUT2D eigenvalue weighted by Gasteiger charge is 2.56. The number of fused-ring (bicyclic) bond motifs is 1. The topological polar surface area (TPSA) is 100 Å². The molecule has 0 bridgehead atoms. The molecule has 4 atom stereocenters. The Bertz CT molecular complexity index is 1070. The van der Waals surface area contributed by atoms with Gasteiger partial charge in [0.25, 0.3) is 0 Å². The van der Waals surface area contributed by atoms with Gasteiger partial charge in [0.15, 0.2) is 6.10 Å². The van der Waals surface area contributed by atoms with Gasteiger partial charge in [-0.15, -0.1) is 12.4 Å². The van der Waals surface area contributed by atoms with Crippen molar-refractivity contribution < 1.29 is 37.3 Å². The van der Waals surface area contributed by atoms with E-state index in [0.29, 0.717) is 62.2 Å². The fraction of sp³-hybridized carbons (Fsp3) is 0.462. The Morgan fingerprint density at radius 3 is 2.26 bits per heavy atom. The van der Waals surface area contributed by atoms with E-state index < -0.39 is 23.8 Å². The van der Waals surface area contributed by atoms with E-state index in [0.717, 1.165) is 17.7 Å². The van der Waals surface area contributed by atoms with Crippen LogP contribution >= 0.6 is 12.4 Å². The van der Waals surface area contributed by atoms with E-state index in [1.165, 1.54) is 12.1 Å². The quantitative estimate of drug-likeness (QED) is 0.357. The lowest BCUT2D eigenvalue weighted by Crippen LogP contribution is -2.38. The monoisotopic (exact) mass is 557 g/mol. The number of amides is 2. The summed E-state index contributed by atoms with van der Waals surface area (Å²) in [5.74, 6) is 0.409. The standard InChI is InChI=1S/C26H30F3N3O5.ClH/c1-2-36-22(24(33)34)13-16-3-9-19(10-4-16)37-12-11-30-23-20-14-32(15-21(20)23)25(35)31-18-7-5-17(6-8-18)26(27,28)29;/h3-10,20-23,30H,2,11-15H2,1H3,(H,31,35)(H,33,34);1H/t20-,21?,22-,23+;/m0./s1. The van der Waals surface area contributed by atoms with E-state index in [2.05, 4.69) is 10.6 Å². The summed E-state index contributed by atoms with van der Waals surface area (Å²) >= 11 is 0. The Kier molecular flexibility index (Phi) is 9.86. The number of anilines is 1. The second kappa shape index (κ2) is 12.7. The minimum Gasteiger partial charge on any atom is -0.492 e. The number of piperidine rings is 1. The highest BCUT2D eigenvalue weighted by atomic mass is 35.5. The molecule has 1 heterocycles. The van der Waals surface area contributed by atoms with Crippen molar-refractivity contribution in [2.45, 2.75) is 31.7 Å². The van der Waals surface area contributed by atoms with Crippen LogP contribution in [0.5, 0.6) is 5.75 Å². The largest absolute Gasteiger partial charge is 0.492 e. The zero-order valence-corrected chi connectivity index (χ0v) is 21.6. The highest BCUT2D eigenvalue weighted by molar-refractivity contribution is 5.89. The van der Waals surface area contributed by atoms with E-state index in [9.17, 15) is 27.9 Å². The lowest BCUT2D eigenvalue weighted by atomic mass is 10.1. The minimum atomic E-state index is -4.41. The maximum Gasteiger partial charge on any atom is 0.416 e. The van der Waals surface area contributed by atoms with Gasteiger partial charge in [-0.1, -0.05) is 12.1 Å². The normalized spacial score (nSPS) is 20.7. The molecule has 2 aliphatic rings. The fourth-order valence-corrected chi connectivity index (χ4v) is 4.69. The van der Waals surface area contributed by atoms with Crippen LogP contribution in [-0.4, -0.2) is 67.0 Å². The predicted octanol–water partition coefficient (Wildman–Crippen LogP) is 4.29. The third kappa shape index (κ3) is 7.52. The molecule has 38 heavy (non-hydrogen) atoms. The summed E-state index contributed by atoms with van der Waals surface area (Å²) in [5, 5.41) is 15.3. The van der Waals surface area contributed by atoms with Crippen molar-refractivity contribution in [3.8, 4) is 5.75 Å². The minimum absolute atomic E-state index is 0. The number of likely N-dealkylation sites (tertiary alicyclic amines) is 1. The van der Waals surface area contributed by atoms with E-state index in [4.69, 9.17) is 9.47 Å². The first kappa shape index (κ1) is 29.5. The first-order valence-corrected chi connectivity index (χ1v) is 12.2. The molecule has 0 spiro atoms. The summed E-state index contributed by atoms with van der Waals surface area (Å²) in [4.78, 5) is 25.4. The number of urea groups is 1. The van der Waals surface area contributed by atoms with Crippen LogP contribution in [0.2, 0.25) is 0 Å². The molecule has 0 aromatic heterocycles. The van der Waals surface area contributed by atoms with Gasteiger partial charge in [-0.25, -0.2) is 9.59 Å². The van der Waals surface area contributed by atoms with Crippen LogP contribution in [0.4, 0.5) is 23.7 Å². The number of carboxylic acids is 1. The van der Waals surface area contributed by atoms with Crippen molar-refractivity contribution in [2.75, 3.05) is 38.2 Å². The average Bonchev–Trinajstić information content (AvgIpc) is 3.29. The molecule has 3 N–H and O–H groups in total. The first-order valence-electron chi connectivity index (χ1n) is 12.2. The lowest BCUT2D eigenvalue weighted by Gasteiger charge is -2.21. The SMILES string of the molecule is CCO[C@@H](Cc1ccc(OCCN[C@H]2C3CN(C(=O)Nc4ccc(C(F)(F)F)cc4)C[C@@H]32)cc1)C(=O)O.Cl. The summed E-state index contributed by atoms with van der Waals surface area (Å²) in [7, 11) is 0. The average molecular weight is 558 g/mol. The number of nitrogens with one attached hydrogen (secondary N) is 2. The third-order valence-corrected chi connectivity index (χ3v) is 6.68. The summed E-state index contributed by atoms with van der Waals surface area (Å²) in [5.41, 5.74) is 0.424. The van der Waals surface area contributed by atoms with Gasteiger partial charge >= 0.3 is 18.2 Å². The van der Waals surface area contributed by atoms with Gasteiger partial charge in [-0.3, -0.25) is 0 Å². The summed E-state index contributed by atoms with van der Waals surface area (Å²) in [6.07, 6.45) is -4.99. The van der Waals surface area contributed by atoms with Crippen LogP contribution in [0.3, 0.4) is 0 Å². The smallest absolute Gasteiger partial charge is 0.416 e. The highest BCUT2D eigenvalue weighted by Crippen LogP contribution is 2.45. The van der Waals surface area contributed by atoms with Crippen molar-refractivity contribution in [3.63, 3.8) is 0 Å². The Morgan fingerprint density at radius 1 is 1.08 bits per heavy atom. The predicted molar refractivity (Wildman–Crippen MR) is 137 cm³/mol. The number of benzene rings is 2. The molecule has 2 amide bonds. The molecule has 1 saturated heterocycles. The summed E-state index contributed by atoms with van der Waals surface area (Å²) < 4.78 is 49.0. The molecule has 2 aromatic carbocycles. The molecule has 0 radical (unpaired) electrons.